The molecule has 6 nitrogen and oxygen atoms in total. The predicted molar refractivity (Wildman–Crippen MR) is 116 cm³/mol. The number of alkyl carbamates (subject to hydrolysis) is 1. The van der Waals surface area contributed by atoms with Crippen molar-refractivity contribution in [1.82, 2.24) is 10.2 Å². The maximum Gasteiger partial charge on any atom is 0.407 e. The van der Waals surface area contributed by atoms with Crippen molar-refractivity contribution in [3.63, 3.8) is 0 Å². The zero-order valence-corrected chi connectivity index (χ0v) is 18.3. The highest BCUT2D eigenvalue weighted by atomic mass is 16.6. The molecule has 0 fully saturated rings. The van der Waals surface area contributed by atoms with Gasteiger partial charge in [-0.25, -0.2) is 4.79 Å². The Kier molecular flexibility index (Phi) is 13.6. The summed E-state index contributed by atoms with van der Waals surface area (Å²) < 4.78 is 9.92. The minimum absolute atomic E-state index is 0.0738. The first-order chi connectivity index (χ1) is 14.0. The van der Waals surface area contributed by atoms with E-state index in [9.17, 15) is 9.59 Å². The van der Waals surface area contributed by atoms with Crippen LogP contribution in [0.3, 0.4) is 0 Å². The number of carbonyl (C=O) groups is 2. The van der Waals surface area contributed by atoms with E-state index in [1.807, 2.05) is 0 Å². The van der Waals surface area contributed by atoms with Crippen LogP contribution in [0.15, 0.2) is 30.3 Å². The van der Waals surface area contributed by atoms with Crippen LogP contribution >= 0.6 is 0 Å². The Labute approximate surface area is 175 Å². The van der Waals surface area contributed by atoms with Crippen LogP contribution in [0.5, 0.6) is 0 Å². The lowest BCUT2D eigenvalue weighted by Crippen LogP contribution is -2.34. The molecule has 0 aliphatic heterocycles. The topological polar surface area (TPSA) is 67.9 Å². The van der Waals surface area contributed by atoms with Crippen LogP contribution in [0, 0.1) is 5.92 Å². The third kappa shape index (κ3) is 13.7. The summed E-state index contributed by atoms with van der Waals surface area (Å²) in [5.74, 6) is -0.458. The Morgan fingerprint density at radius 1 is 0.931 bits per heavy atom. The highest BCUT2D eigenvalue weighted by molar-refractivity contribution is 5.71. The van der Waals surface area contributed by atoms with Gasteiger partial charge < -0.3 is 19.7 Å². The van der Waals surface area contributed by atoms with E-state index in [0.717, 1.165) is 13.1 Å². The van der Waals surface area contributed by atoms with Gasteiger partial charge >= 0.3 is 12.1 Å². The maximum absolute atomic E-state index is 11.6. The Morgan fingerprint density at radius 3 is 2.31 bits per heavy atom. The number of esters is 1. The highest BCUT2D eigenvalue weighted by Gasteiger charge is 2.08. The second-order valence-corrected chi connectivity index (χ2v) is 7.69. The first-order valence-electron chi connectivity index (χ1n) is 10.8. The number of ether oxygens (including phenoxy) is 2. The van der Waals surface area contributed by atoms with Crippen molar-refractivity contribution in [3.05, 3.63) is 35.9 Å². The zero-order chi connectivity index (χ0) is 21.3. The fourth-order valence-corrected chi connectivity index (χ4v) is 2.84. The van der Waals surface area contributed by atoms with Crippen LogP contribution in [0.1, 0.15) is 51.5 Å². The van der Waals surface area contributed by atoms with E-state index in [-0.39, 0.29) is 25.1 Å². The average molecular weight is 407 g/mol. The molecule has 164 valence electrons. The molecule has 1 rings (SSSR count). The van der Waals surface area contributed by atoms with Gasteiger partial charge in [-0.2, -0.15) is 0 Å². The molecule has 29 heavy (non-hydrogen) atoms. The Balaban J connectivity index is 1.90. The van der Waals surface area contributed by atoms with E-state index in [4.69, 9.17) is 9.47 Å². The van der Waals surface area contributed by atoms with Crippen LogP contribution in [0.25, 0.3) is 0 Å². The lowest BCUT2D eigenvalue weighted by Gasteiger charge is -2.16. The summed E-state index contributed by atoms with van der Waals surface area (Å²) in [4.78, 5) is 25.1. The predicted octanol–water partition coefficient (Wildman–Crippen LogP) is 4.04. The van der Waals surface area contributed by atoms with Gasteiger partial charge in [0.2, 0.25) is 0 Å². The van der Waals surface area contributed by atoms with Gasteiger partial charge in [0.15, 0.2) is 0 Å². The standard InChI is InChI=1S/C23H38N2O4/c1-20(2)22(26)28-18-19-29-23(27)24-15-17-25(3)16-11-6-4-5-8-12-21-13-9-7-10-14-21/h7,9-10,13-14,20H,4-6,8,11-12,15-19H2,1-3H3,(H,24,27). The van der Waals surface area contributed by atoms with Crippen LogP contribution in [-0.4, -0.2) is 56.9 Å². The lowest BCUT2D eigenvalue weighted by molar-refractivity contribution is -0.148. The van der Waals surface area contributed by atoms with Crippen LogP contribution in [0.4, 0.5) is 4.79 Å². The van der Waals surface area contributed by atoms with Crippen molar-refractivity contribution < 1.29 is 19.1 Å². The summed E-state index contributed by atoms with van der Waals surface area (Å²) in [7, 11) is 2.06. The second-order valence-electron chi connectivity index (χ2n) is 7.69. The van der Waals surface area contributed by atoms with Gasteiger partial charge in [0.05, 0.1) is 5.92 Å². The molecule has 0 heterocycles. The molecule has 0 saturated heterocycles. The molecule has 0 atom stereocenters. The second kappa shape index (κ2) is 15.8. The molecule has 1 aromatic rings. The van der Waals surface area contributed by atoms with Crippen molar-refractivity contribution in [1.29, 1.82) is 0 Å². The average Bonchev–Trinajstić information content (AvgIpc) is 2.71. The summed E-state index contributed by atoms with van der Waals surface area (Å²) in [5, 5.41) is 2.72. The number of unbranched alkanes of at least 4 members (excludes halogenated alkanes) is 4. The fourth-order valence-electron chi connectivity index (χ4n) is 2.84. The highest BCUT2D eigenvalue weighted by Crippen LogP contribution is 2.09. The first kappa shape index (κ1) is 25.0. The van der Waals surface area contributed by atoms with E-state index in [0.29, 0.717) is 6.54 Å². The molecular weight excluding hydrogens is 368 g/mol. The number of benzene rings is 1. The quantitative estimate of drug-likeness (QED) is 0.352. The van der Waals surface area contributed by atoms with Gasteiger partial charge in [0.1, 0.15) is 13.2 Å². The first-order valence-corrected chi connectivity index (χ1v) is 10.8. The third-order valence-electron chi connectivity index (χ3n) is 4.64. The van der Waals surface area contributed by atoms with Gasteiger partial charge in [-0.05, 0) is 38.4 Å². The van der Waals surface area contributed by atoms with Crippen LogP contribution < -0.4 is 5.32 Å². The molecular formula is C23H38N2O4. The van der Waals surface area contributed by atoms with E-state index in [1.54, 1.807) is 13.8 Å². The molecule has 0 aromatic heterocycles. The number of hydrogen-bond donors (Lipinski definition) is 1. The summed E-state index contributed by atoms with van der Waals surface area (Å²) in [6, 6.07) is 10.7. The normalized spacial score (nSPS) is 10.9. The molecule has 6 heteroatoms. The summed E-state index contributed by atoms with van der Waals surface area (Å²) in [6.07, 6.45) is 6.91. The lowest BCUT2D eigenvalue weighted by atomic mass is 10.1. The smallest absolute Gasteiger partial charge is 0.407 e. The number of aryl methyl sites for hydroxylation is 1. The number of amides is 1. The molecule has 0 unspecified atom stereocenters. The molecule has 0 aliphatic carbocycles. The zero-order valence-electron chi connectivity index (χ0n) is 18.3. The number of nitrogens with one attached hydrogen (secondary N) is 1. The van der Waals surface area contributed by atoms with Gasteiger partial charge in [-0.15, -0.1) is 0 Å². The van der Waals surface area contributed by atoms with Crippen molar-refractivity contribution in [2.24, 2.45) is 5.92 Å². The van der Waals surface area contributed by atoms with Gasteiger partial charge in [-0.1, -0.05) is 63.4 Å². The summed E-state index contributed by atoms with van der Waals surface area (Å²) >= 11 is 0. The van der Waals surface area contributed by atoms with Gasteiger partial charge in [0, 0.05) is 13.1 Å². The molecule has 1 amide bonds. The fraction of sp³-hybridized carbons (Fsp3) is 0.652. The van der Waals surface area contributed by atoms with Crippen molar-refractivity contribution in [2.45, 2.75) is 52.4 Å². The SMILES string of the molecule is CC(C)C(=O)OCCOC(=O)NCCN(C)CCCCCCCc1ccccc1. The number of rotatable bonds is 15. The Hall–Kier alpha value is -2.08. The molecule has 0 saturated carbocycles. The summed E-state index contributed by atoms with van der Waals surface area (Å²) in [6.45, 7) is 6.04. The van der Waals surface area contributed by atoms with Gasteiger partial charge in [0.25, 0.3) is 0 Å². The van der Waals surface area contributed by atoms with E-state index in [1.165, 1.54) is 44.1 Å². The minimum Gasteiger partial charge on any atom is -0.462 e. The van der Waals surface area contributed by atoms with Crippen molar-refractivity contribution in [3.8, 4) is 0 Å². The number of hydrogen-bond acceptors (Lipinski definition) is 5. The van der Waals surface area contributed by atoms with Crippen molar-refractivity contribution >= 4 is 12.1 Å². The largest absolute Gasteiger partial charge is 0.462 e. The van der Waals surface area contributed by atoms with Crippen LogP contribution in [0.2, 0.25) is 0 Å². The molecule has 1 N–H and O–H groups in total. The monoisotopic (exact) mass is 406 g/mol. The van der Waals surface area contributed by atoms with E-state index >= 15 is 0 Å². The molecule has 0 spiro atoms. The van der Waals surface area contributed by atoms with E-state index in [2.05, 4.69) is 47.6 Å². The number of likely N-dealkylation sites (N-methyl/N-ethyl adjacent to an activating group) is 1. The number of nitrogens with zero attached hydrogens (tertiary/aromatic N) is 1. The van der Waals surface area contributed by atoms with Crippen molar-refractivity contribution in [2.75, 3.05) is 39.9 Å². The third-order valence-corrected chi connectivity index (χ3v) is 4.64. The van der Waals surface area contributed by atoms with E-state index < -0.39 is 6.09 Å². The molecule has 0 bridgehead atoms. The Morgan fingerprint density at radius 2 is 1.59 bits per heavy atom. The Bertz CT molecular complexity index is 563. The molecule has 0 radical (unpaired) electrons. The summed E-state index contributed by atoms with van der Waals surface area (Å²) in [5.41, 5.74) is 1.43. The molecule has 1 aromatic carbocycles. The van der Waals surface area contributed by atoms with Crippen LogP contribution in [-0.2, 0) is 20.7 Å². The van der Waals surface area contributed by atoms with Gasteiger partial charge in [-0.3, -0.25) is 4.79 Å². The minimum atomic E-state index is -0.475. The molecule has 0 aliphatic rings. The number of carbonyl (C=O) groups excluding carboxylic acids is 2. The maximum atomic E-state index is 11.6.